The average Bonchev–Trinajstić information content (AvgIpc) is 3.33. The summed E-state index contributed by atoms with van der Waals surface area (Å²) in [6, 6.07) is 5.76. The SMILES string of the molecule is CC(C)(C)OP(=O)(Oc1ccc([C@@H]2CO2)cc1CO[Si](C)(C)C(C)(C)C)OC(C)(C)C. The molecule has 1 aromatic carbocycles. The summed E-state index contributed by atoms with van der Waals surface area (Å²) in [6.07, 6.45) is 0.101. The highest BCUT2D eigenvalue weighted by Gasteiger charge is 2.40. The highest BCUT2D eigenvalue weighted by atomic mass is 31.2. The van der Waals surface area contributed by atoms with E-state index in [4.69, 9.17) is 22.7 Å². The van der Waals surface area contributed by atoms with Gasteiger partial charge < -0.3 is 13.7 Å². The van der Waals surface area contributed by atoms with Crippen molar-refractivity contribution in [3.63, 3.8) is 0 Å². The van der Waals surface area contributed by atoms with Crippen molar-refractivity contribution >= 4 is 16.1 Å². The molecule has 0 N–H and O–H groups in total. The monoisotopic (exact) mass is 472 g/mol. The summed E-state index contributed by atoms with van der Waals surface area (Å²) in [5, 5.41) is 0.0746. The van der Waals surface area contributed by atoms with Gasteiger partial charge >= 0.3 is 7.82 Å². The first-order chi connectivity index (χ1) is 13.8. The molecule has 0 amide bonds. The van der Waals surface area contributed by atoms with E-state index in [0.717, 1.165) is 11.1 Å². The maximum atomic E-state index is 13.6. The number of rotatable bonds is 8. The van der Waals surface area contributed by atoms with Gasteiger partial charge in [-0.1, -0.05) is 26.8 Å². The quantitative estimate of drug-likeness (QED) is 0.223. The summed E-state index contributed by atoms with van der Waals surface area (Å²) < 4.78 is 43.1. The van der Waals surface area contributed by atoms with E-state index in [1.807, 2.05) is 59.7 Å². The molecule has 1 aliphatic heterocycles. The second-order valence-corrected chi connectivity index (χ2v) is 17.9. The van der Waals surface area contributed by atoms with Gasteiger partial charge in [-0.25, -0.2) is 4.57 Å². The van der Waals surface area contributed by atoms with E-state index in [1.54, 1.807) is 0 Å². The summed E-state index contributed by atoms with van der Waals surface area (Å²) in [5.74, 6) is 0.444. The van der Waals surface area contributed by atoms with E-state index in [0.29, 0.717) is 19.0 Å². The summed E-state index contributed by atoms with van der Waals surface area (Å²) in [7, 11) is -5.90. The molecule has 1 aliphatic rings. The van der Waals surface area contributed by atoms with Gasteiger partial charge in [0.2, 0.25) is 0 Å². The number of hydrogen-bond donors (Lipinski definition) is 0. The third-order valence-electron chi connectivity index (χ3n) is 5.17. The lowest BCUT2D eigenvalue weighted by atomic mass is 10.1. The molecule has 1 fully saturated rings. The van der Waals surface area contributed by atoms with E-state index in [-0.39, 0.29) is 11.1 Å². The predicted molar refractivity (Wildman–Crippen MR) is 127 cm³/mol. The lowest BCUT2D eigenvalue weighted by Gasteiger charge is -2.36. The molecule has 0 bridgehead atoms. The van der Waals surface area contributed by atoms with E-state index < -0.39 is 27.3 Å². The molecular formula is C23H41O6PSi. The van der Waals surface area contributed by atoms with Crippen molar-refractivity contribution in [2.75, 3.05) is 6.61 Å². The van der Waals surface area contributed by atoms with Crippen LogP contribution in [-0.4, -0.2) is 26.1 Å². The fourth-order valence-electron chi connectivity index (χ4n) is 2.56. The molecule has 2 rings (SSSR count). The molecule has 0 radical (unpaired) electrons. The fraction of sp³-hybridized carbons (Fsp3) is 0.739. The van der Waals surface area contributed by atoms with Gasteiger partial charge in [0.25, 0.3) is 0 Å². The summed E-state index contributed by atoms with van der Waals surface area (Å²) in [6.45, 7) is 23.0. The van der Waals surface area contributed by atoms with Crippen molar-refractivity contribution in [2.45, 2.75) is 104 Å². The molecule has 6 nitrogen and oxygen atoms in total. The van der Waals surface area contributed by atoms with Gasteiger partial charge in [0.15, 0.2) is 8.32 Å². The van der Waals surface area contributed by atoms with Crippen LogP contribution >= 0.6 is 7.82 Å². The van der Waals surface area contributed by atoms with Gasteiger partial charge in [0, 0.05) is 5.56 Å². The van der Waals surface area contributed by atoms with Gasteiger partial charge in [-0.05, 0) is 77.4 Å². The number of hydrogen-bond acceptors (Lipinski definition) is 6. The highest BCUT2D eigenvalue weighted by Crippen LogP contribution is 2.56. The second-order valence-electron chi connectivity index (χ2n) is 11.7. The summed E-state index contributed by atoms with van der Waals surface area (Å²) in [4.78, 5) is 0. The Balaban J connectivity index is 2.37. The number of phosphoric acid groups is 1. The molecule has 1 aromatic rings. The third kappa shape index (κ3) is 8.30. The minimum Gasteiger partial charge on any atom is -0.412 e. The Hall–Kier alpha value is -0.693. The molecule has 1 heterocycles. The Bertz CT molecular complexity index is 793. The van der Waals surface area contributed by atoms with Crippen molar-refractivity contribution in [3.8, 4) is 5.75 Å². The Labute approximate surface area is 189 Å². The normalized spacial score (nSPS) is 18.2. The number of phosphoric ester groups is 1. The van der Waals surface area contributed by atoms with Crippen LogP contribution in [0, 0.1) is 0 Å². The molecule has 1 saturated heterocycles. The second kappa shape index (κ2) is 8.92. The van der Waals surface area contributed by atoms with E-state index in [2.05, 4.69) is 33.9 Å². The molecule has 0 aromatic heterocycles. The molecule has 0 unspecified atom stereocenters. The molecule has 0 saturated carbocycles. The zero-order chi connectivity index (χ0) is 23.9. The topological polar surface area (TPSA) is 66.5 Å². The van der Waals surface area contributed by atoms with Crippen LogP contribution < -0.4 is 4.52 Å². The minimum absolute atomic E-state index is 0.0746. The highest BCUT2D eigenvalue weighted by molar-refractivity contribution is 7.49. The molecule has 1 atom stereocenters. The molecule has 178 valence electrons. The standard InChI is InChI=1S/C23H41O6PSi/c1-21(2,3)28-30(24,29-22(4,5)6)27-19-13-12-17(20-16-25-20)14-18(19)15-26-31(10,11)23(7,8)9/h12-14,20H,15-16H2,1-11H3/t20-/m0/s1. The van der Waals surface area contributed by atoms with Crippen molar-refractivity contribution in [2.24, 2.45) is 0 Å². The van der Waals surface area contributed by atoms with Crippen LogP contribution in [0.25, 0.3) is 0 Å². The van der Waals surface area contributed by atoms with Gasteiger partial charge in [0.1, 0.15) is 11.9 Å². The maximum absolute atomic E-state index is 13.6. The Morgan fingerprint density at radius 1 is 1.00 bits per heavy atom. The zero-order valence-corrected chi connectivity index (χ0v) is 23.0. The number of benzene rings is 1. The van der Waals surface area contributed by atoms with Gasteiger partial charge in [0.05, 0.1) is 24.4 Å². The Morgan fingerprint density at radius 3 is 1.94 bits per heavy atom. The molecule has 0 spiro atoms. The lowest BCUT2D eigenvalue weighted by molar-refractivity contribution is 0.0221. The van der Waals surface area contributed by atoms with E-state index in [1.165, 1.54) is 0 Å². The fourth-order valence-corrected chi connectivity index (χ4v) is 5.39. The van der Waals surface area contributed by atoms with E-state index in [9.17, 15) is 4.57 Å². The van der Waals surface area contributed by atoms with Crippen LogP contribution in [0.4, 0.5) is 0 Å². The van der Waals surface area contributed by atoms with Crippen molar-refractivity contribution in [1.29, 1.82) is 0 Å². The zero-order valence-electron chi connectivity index (χ0n) is 21.1. The first-order valence-electron chi connectivity index (χ1n) is 10.9. The molecule has 0 aliphatic carbocycles. The average molecular weight is 473 g/mol. The van der Waals surface area contributed by atoms with E-state index >= 15 is 0 Å². The Morgan fingerprint density at radius 2 is 1.52 bits per heavy atom. The number of ether oxygens (including phenoxy) is 1. The van der Waals surface area contributed by atoms with Gasteiger partial charge in [-0.2, -0.15) is 0 Å². The summed E-state index contributed by atoms with van der Waals surface area (Å²) >= 11 is 0. The molecule has 8 heteroatoms. The van der Waals surface area contributed by atoms with Crippen LogP contribution in [0.15, 0.2) is 18.2 Å². The van der Waals surface area contributed by atoms with Crippen LogP contribution in [0.1, 0.15) is 79.5 Å². The minimum atomic E-state index is -3.91. The van der Waals surface area contributed by atoms with Crippen molar-refractivity contribution < 1.29 is 27.3 Å². The molecule has 31 heavy (non-hydrogen) atoms. The first kappa shape index (κ1) is 26.6. The number of epoxide rings is 1. The van der Waals surface area contributed by atoms with Crippen LogP contribution in [-0.2, 0) is 29.4 Å². The van der Waals surface area contributed by atoms with Crippen LogP contribution in [0.3, 0.4) is 0 Å². The van der Waals surface area contributed by atoms with Gasteiger partial charge in [-0.3, -0.25) is 9.05 Å². The van der Waals surface area contributed by atoms with Crippen LogP contribution in [0.2, 0.25) is 18.1 Å². The van der Waals surface area contributed by atoms with Gasteiger partial charge in [-0.15, -0.1) is 0 Å². The third-order valence-corrected chi connectivity index (χ3v) is 11.6. The maximum Gasteiger partial charge on any atom is 0.531 e. The summed E-state index contributed by atoms with van der Waals surface area (Å²) in [5.41, 5.74) is 0.457. The van der Waals surface area contributed by atoms with Crippen LogP contribution in [0.5, 0.6) is 5.75 Å². The molecular weight excluding hydrogens is 431 g/mol. The lowest BCUT2D eigenvalue weighted by Crippen LogP contribution is -2.40. The Kier molecular flexibility index (Phi) is 7.64. The largest absolute Gasteiger partial charge is 0.531 e. The predicted octanol–water partition coefficient (Wildman–Crippen LogP) is 7.40. The van der Waals surface area contributed by atoms with Crippen molar-refractivity contribution in [1.82, 2.24) is 0 Å². The smallest absolute Gasteiger partial charge is 0.412 e. The van der Waals surface area contributed by atoms with Crippen molar-refractivity contribution in [3.05, 3.63) is 29.3 Å². The first-order valence-corrected chi connectivity index (χ1v) is 15.3.